The van der Waals surface area contributed by atoms with Crippen LogP contribution in [-0.4, -0.2) is 22.5 Å². The van der Waals surface area contributed by atoms with Crippen LogP contribution in [-0.2, 0) is 24.2 Å². The van der Waals surface area contributed by atoms with Crippen LogP contribution in [0.15, 0.2) is 30.3 Å². The van der Waals surface area contributed by atoms with Crippen molar-refractivity contribution in [3.05, 3.63) is 47.5 Å². The lowest BCUT2D eigenvalue weighted by Gasteiger charge is -2.07. The van der Waals surface area contributed by atoms with Crippen LogP contribution in [0.25, 0.3) is 0 Å². The number of ether oxygens (including phenoxy) is 1. The molecule has 2 aromatic rings. The number of fused-ring (bicyclic) bond motifs is 1. The fraction of sp³-hybridized carbons (Fsp3) is 0.375. The van der Waals surface area contributed by atoms with Crippen molar-refractivity contribution < 1.29 is 9.53 Å². The SMILES string of the molecule is O=C(COc1ccccc1)NCc1nc2c([nH]1)CCCC2. The highest BCUT2D eigenvalue weighted by Crippen LogP contribution is 2.18. The first kappa shape index (κ1) is 13.7. The fourth-order valence-electron chi connectivity index (χ4n) is 2.50. The smallest absolute Gasteiger partial charge is 0.258 e. The second-order valence-electron chi connectivity index (χ2n) is 5.19. The Labute approximate surface area is 123 Å². The minimum atomic E-state index is -0.145. The van der Waals surface area contributed by atoms with Gasteiger partial charge in [0, 0.05) is 5.69 Å². The van der Waals surface area contributed by atoms with Crippen LogP contribution in [0, 0.1) is 0 Å². The van der Waals surface area contributed by atoms with E-state index in [0.29, 0.717) is 12.3 Å². The number of aryl methyl sites for hydroxylation is 2. The molecule has 0 fully saturated rings. The molecular weight excluding hydrogens is 266 g/mol. The van der Waals surface area contributed by atoms with Crippen molar-refractivity contribution in [3.8, 4) is 5.75 Å². The van der Waals surface area contributed by atoms with Gasteiger partial charge >= 0.3 is 0 Å². The molecule has 1 aliphatic carbocycles. The normalized spacial score (nSPS) is 13.5. The third kappa shape index (κ3) is 3.62. The van der Waals surface area contributed by atoms with Gasteiger partial charge in [0.2, 0.25) is 0 Å². The molecule has 0 saturated heterocycles. The van der Waals surface area contributed by atoms with Crippen LogP contribution < -0.4 is 10.1 Å². The van der Waals surface area contributed by atoms with E-state index in [-0.39, 0.29) is 12.5 Å². The average Bonchev–Trinajstić information content (AvgIpc) is 2.95. The van der Waals surface area contributed by atoms with E-state index in [1.54, 1.807) is 0 Å². The molecule has 110 valence electrons. The summed E-state index contributed by atoms with van der Waals surface area (Å²) >= 11 is 0. The monoisotopic (exact) mass is 285 g/mol. The summed E-state index contributed by atoms with van der Waals surface area (Å²) in [6, 6.07) is 9.31. The van der Waals surface area contributed by atoms with Gasteiger partial charge in [-0.2, -0.15) is 0 Å². The molecule has 0 aliphatic heterocycles. The first-order valence-electron chi connectivity index (χ1n) is 7.32. The number of benzene rings is 1. The molecule has 0 atom stereocenters. The van der Waals surface area contributed by atoms with Gasteiger partial charge < -0.3 is 15.0 Å². The van der Waals surface area contributed by atoms with E-state index in [2.05, 4.69) is 15.3 Å². The molecule has 0 spiro atoms. The lowest BCUT2D eigenvalue weighted by atomic mass is 10.0. The minimum Gasteiger partial charge on any atom is -0.484 e. The van der Waals surface area contributed by atoms with Crippen LogP contribution in [0.2, 0.25) is 0 Å². The summed E-state index contributed by atoms with van der Waals surface area (Å²) in [7, 11) is 0. The molecular formula is C16H19N3O2. The van der Waals surface area contributed by atoms with Gasteiger partial charge in [-0.3, -0.25) is 4.79 Å². The molecule has 0 bridgehead atoms. The van der Waals surface area contributed by atoms with E-state index in [0.717, 1.165) is 24.4 Å². The summed E-state index contributed by atoms with van der Waals surface area (Å²) in [4.78, 5) is 19.6. The maximum atomic E-state index is 11.8. The number of imidazole rings is 1. The maximum Gasteiger partial charge on any atom is 0.258 e. The fourth-order valence-corrected chi connectivity index (χ4v) is 2.50. The largest absolute Gasteiger partial charge is 0.484 e. The van der Waals surface area contributed by atoms with Crippen LogP contribution >= 0.6 is 0 Å². The molecule has 1 amide bonds. The average molecular weight is 285 g/mol. The Hall–Kier alpha value is -2.30. The number of aromatic nitrogens is 2. The molecule has 5 heteroatoms. The minimum absolute atomic E-state index is 0.0183. The van der Waals surface area contributed by atoms with Gasteiger partial charge in [0.25, 0.3) is 5.91 Å². The van der Waals surface area contributed by atoms with Gasteiger partial charge in [-0.1, -0.05) is 18.2 Å². The highest BCUT2D eigenvalue weighted by Gasteiger charge is 2.14. The zero-order valence-corrected chi connectivity index (χ0v) is 11.9. The summed E-state index contributed by atoms with van der Waals surface area (Å²) in [5.41, 5.74) is 2.39. The molecule has 5 nitrogen and oxygen atoms in total. The Bertz CT molecular complexity index is 584. The van der Waals surface area contributed by atoms with Crippen LogP contribution in [0.5, 0.6) is 5.75 Å². The number of carbonyl (C=O) groups is 1. The molecule has 0 saturated carbocycles. The van der Waals surface area contributed by atoms with Gasteiger partial charge in [0.05, 0.1) is 12.2 Å². The van der Waals surface area contributed by atoms with Gasteiger partial charge in [-0.05, 0) is 37.8 Å². The number of nitrogens with zero attached hydrogens (tertiary/aromatic N) is 1. The number of H-pyrrole nitrogens is 1. The van der Waals surface area contributed by atoms with E-state index in [9.17, 15) is 4.79 Å². The number of hydrogen-bond acceptors (Lipinski definition) is 3. The van der Waals surface area contributed by atoms with Crippen molar-refractivity contribution in [2.24, 2.45) is 0 Å². The van der Waals surface area contributed by atoms with Crippen LogP contribution in [0.1, 0.15) is 30.1 Å². The van der Waals surface area contributed by atoms with Crippen molar-refractivity contribution >= 4 is 5.91 Å². The van der Waals surface area contributed by atoms with E-state index in [1.165, 1.54) is 18.5 Å². The number of nitrogens with one attached hydrogen (secondary N) is 2. The highest BCUT2D eigenvalue weighted by atomic mass is 16.5. The van der Waals surface area contributed by atoms with E-state index < -0.39 is 0 Å². The topological polar surface area (TPSA) is 67.0 Å². The standard InChI is InChI=1S/C16H19N3O2/c20-16(11-21-12-6-2-1-3-7-12)17-10-15-18-13-8-4-5-9-14(13)19-15/h1-3,6-7H,4-5,8-11H2,(H,17,20)(H,18,19). The summed E-state index contributed by atoms with van der Waals surface area (Å²) in [5, 5.41) is 2.82. The molecule has 2 N–H and O–H groups in total. The number of para-hydroxylation sites is 1. The van der Waals surface area contributed by atoms with Crippen LogP contribution in [0.4, 0.5) is 0 Å². The summed E-state index contributed by atoms with van der Waals surface area (Å²) < 4.78 is 5.39. The second-order valence-corrected chi connectivity index (χ2v) is 5.19. The predicted molar refractivity (Wildman–Crippen MR) is 79.0 cm³/mol. The number of rotatable bonds is 5. The summed E-state index contributed by atoms with van der Waals surface area (Å²) in [5.74, 6) is 1.38. The van der Waals surface area contributed by atoms with Crippen molar-refractivity contribution in [1.82, 2.24) is 15.3 Å². The first-order chi connectivity index (χ1) is 10.3. The summed E-state index contributed by atoms with van der Waals surface area (Å²) in [6.07, 6.45) is 4.52. The van der Waals surface area contributed by atoms with Crippen molar-refractivity contribution in [2.45, 2.75) is 32.2 Å². The van der Waals surface area contributed by atoms with Gasteiger partial charge in [-0.15, -0.1) is 0 Å². The number of carbonyl (C=O) groups excluding carboxylic acids is 1. The van der Waals surface area contributed by atoms with Gasteiger partial charge in [-0.25, -0.2) is 4.98 Å². The Morgan fingerprint density at radius 1 is 1.24 bits per heavy atom. The van der Waals surface area contributed by atoms with E-state index in [1.807, 2.05) is 30.3 Å². The predicted octanol–water partition coefficient (Wildman–Crippen LogP) is 1.98. The molecule has 0 unspecified atom stereocenters. The Kier molecular flexibility index (Phi) is 4.19. The molecule has 0 radical (unpaired) electrons. The molecule has 3 rings (SSSR count). The van der Waals surface area contributed by atoms with E-state index in [4.69, 9.17) is 4.74 Å². The second kappa shape index (κ2) is 6.43. The van der Waals surface area contributed by atoms with Crippen LogP contribution in [0.3, 0.4) is 0 Å². The quantitative estimate of drug-likeness (QED) is 0.882. The molecule has 21 heavy (non-hydrogen) atoms. The lowest BCUT2D eigenvalue weighted by molar-refractivity contribution is -0.123. The number of hydrogen-bond donors (Lipinski definition) is 2. The summed E-state index contributed by atoms with van der Waals surface area (Å²) in [6.45, 7) is 0.439. The Morgan fingerprint density at radius 2 is 2.05 bits per heavy atom. The van der Waals surface area contributed by atoms with Crippen molar-refractivity contribution in [3.63, 3.8) is 0 Å². The number of amides is 1. The molecule has 1 heterocycles. The molecule has 1 aromatic heterocycles. The Balaban J connectivity index is 1.46. The molecule has 1 aromatic carbocycles. The van der Waals surface area contributed by atoms with Crippen molar-refractivity contribution in [1.29, 1.82) is 0 Å². The highest BCUT2D eigenvalue weighted by molar-refractivity contribution is 5.77. The van der Waals surface area contributed by atoms with Gasteiger partial charge in [0.15, 0.2) is 6.61 Å². The third-order valence-corrected chi connectivity index (χ3v) is 3.57. The lowest BCUT2D eigenvalue weighted by Crippen LogP contribution is -2.28. The van der Waals surface area contributed by atoms with Gasteiger partial charge in [0.1, 0.15) is 11.6 Å². The Morgan fingerprint density at radius 3 is 2.86 bits per heavy atom. The first-order valence-corrected chi connectivity index (χ1v) is 7.32. The zero-order valence-electron chi connectivity index (χ0n) is 11.9. The maximum absolute atomic E-state index is 11.8. The molecule has 1 aliphatic rings. The van der Waals surface area contributed by atoms with E-state index >= 15 is 0 Å². The zero-order chi connectivity index (χ0) is 14.5. The third-order valence-electron chi connectivity index (χ3n) is 3.57. The number of aromatic amines is 1. The van der Waals surface area contributed by atoms with Crippen molar-refractivity contribution in [2.75, 3.05) is 6.61 Å².